The van der Waals surface area contributed by atoms with E-state index < -0.39 is 23.7 Å². The third kappa shape index (κ3) is 4.55. The Morgan fingerprint density at radius 2 is 1.97 bits per heavy atom. The summed E-state index contributed by atoms with van der Waals surface area (Å²) in [6, 6.07) is 2.75. The lowest BCUT2D eigenvalue weighted by Gasteiger charge is -2.31. The fraction of sp³-hybridized carbons (Fsp3) is 0.611. The Kier molecular flexibility index (Phi) is 5.87. The summed E-state index contributed by atoms with van der Waals surface area (Å²) in [5, 5.41) is 3.48. The highest BCUT2D eigenvalue weighted by molar-refractivity contribution is 5.91. The molecule has 1 saturated heterocycles. The number of halogens is 3. The van der Waals surface area contributed by atoms with Crippen molar-refractivity contribution in [1.29, 1.82) is 0 Å². The van der Waals surface area contributed by atoms with Crippen LogP contribution in [0.15, 0.2) is 21.3 Å². The molecule has 0 atom stereocenters. The van der Waals surface area contributed by atoms with Crippen molar-refractivity contribution in [3.8, 4) is 0 Å². The zero-order valence-electron chi connectivity index (χ0n) is 16.4. The second-order valence-electron chi connectivity index (χ2n) is 7.26. The molecular weight excluding hydrogens is 393 g/mol. The van der Waals surface area contributed by atoms with E-state index in [1.807, 2.05) is 13.8 Å². The maximum Gasteiger partial charge on any atom is 0.451 e. The highest BCUT2D eigenvalue weighted by Crippen LogP contribution is 2.28. The first-order valence-electron chi connectivity index (χ1n) is 9.30. The molecule has 0 bridgehead atoms. The maximum atomic E-state index is 13.0. The summed E-state index contributed by atoms with van der Waals surface area (Å²) < 4.78 is 51.2. The van der Waals surface area contributed by atoms with Gasteiger partial charge in [-0.3, -0.25) is 9.36 Å². The van der Waals surface area contributed by atoms with Crippen LogP contribution < -0.4 is 5.69 Å². The monoisotopic (exact) mass is 416 g/mol. The highest BCUT2D eigenvalue weighted by atomic mass is 19.4. The summed E-state index contributed by atoms with van der Waals surface area (Å²) in [6.07, 6.45) is -4.02. The Morgan fingerprint density at radius 3 is 2.52 bits per heavy atom. The molecule has 1 amide bonds. The van der Waals surface area contributed by atoms with Crippen molar-refractivity contribution in [2.75, 3.05) is 13.1 Å². The van der Waals surface area contributed by atoms with E-state index in [9.17, 15) is 22.8 Å². The van der Waals surface area contributed by atoms with E-state index in [2.05, 4.69) is 5.10 Å². The smallest absolute Gasteiger partial charge is 0.451 e. The van der Waals surface area contributed by atoms with Crippen LogP contribution >= 0.6 is 0 Å². The quantitative estimate of drug-likeness (QED) is 0.748. The van der Waals surface area contributed by atoms with Gasteiger partial charge < -0.3 is 14.1 Å². The Balaban J connectivity index is 1.64. The van der Waals surface area contributed by atoms with Gasteiger partial charge >= 0.3 is 11.9 Å². The second kappa shape index (κ2) is 8.05. The molecule has 0 aliphatic carbocycles. The number of hydrogen-bond acceptors (Lipinski definition) is 5. The van der Waals surface area contributed by atoms with E-state index in [-0.39, 0.29) is 37.5 Å². The third-order valence-corrected chi connectivity index (χ3v) is 4.79. The highest BCUT2D eigenvalue weighted by Gasteiger charge is 2.39. The molecule has 1 fully saturated rings. The van der Waals surface area contributed by atoms with Crippen molar-refractivity contribution in [2.45, 2.75) is 51.6 Å². The van der Waals surface area contributed by atoms with Gasteiger partial charge in [-0.15, -0.1) is 5.10 Å². The van der Waals surface area contributed by atoms with E-state index >= 15 is 0 Å². The molecule has 2 aromatic heterocycles. The van der Waals surface area contributed by atoms with Crippen LogP contribution in [0.2, 0.25) is 0 Å². The lowest BCUT2D eigenvalue weighted by atomic mass is 10.1. The van der Waals surface area contributed by atoms with Crippen molar-refractivity contribution in [1.82, 2.24) is 19.2 Å². The number of hydrogen-bond donors (Lipinski definition) is 0. The standard InChI is InChI=1S/C18H23F3N4O4/c1-11(2)28-10-13-4-5-14(29-13)15(26)24-8-6-12(7-9-24)25-17(27)23(3)16(22-25)18(19,20)21/h4-5,11-12H,6-10H2,1-3H3. The van der Waals surface area contributed by atoms with Gasteiger partial charge in [0.1, 0.15) is 12.4 Å². The van der Waals surface area contributed by atoms with E-state index in [4.69, 9.17) is 9.15 Å². The fourth-order valence-electron chi connectivity index (χ4n) is 3.23. The van der Waals surface area contributed by atoms with Gasteiger partial charge in [0.25, 0.3) is 5.91 Å². The minimum Gasteiger partial charge on any atom is -0.453 e. The number of amides is 1. The molecule has 0 spiro atoms. The van der Waals surface area contributed by atoms with Gasteiger partial charge in [-0.25, -0.2) is 9.48 Å². The van der Waals surface area contributed by atoms with E-state index in [0.717, 1.165) is 11.7 Å². The summed E-state index contributed by atoms with van der Waals surface area (Å²) in [4.78, 5) is 26.3. The predicted molar refractivity (Wildman–Crippen MR) is 95.3 cm³/mol. The Labute approximate surface area is 164 Å². The van der Waals surface area contributed by atoms with Crippen LogP contribution in [0.4, 0.5) is 13.2 Å². The molecule has 3 rings (SSSR count). The number of carbonyl (C=O) groups excluding carboxylic acids is 1. The van der Waals surface area contributed by atoms with Gasteiger partial charge in [0, 0.05) is 20.1 Å². The number of likely N-dealkylation sites (tertiary alicyclic amines) is 1. The molecule has 0 radical (unpaired) electrons. The first-order chi connectivity index (χ1) is 13.6. The van der Waals surface area contributed by atoms with Crippen molar-refractivity contribution < 1.29 is 27.1 Å². The number of alkyl halides is 3. The van der Waals surface area contributed by atoms with Crippen LogP contribution in [0.1, 0.15) is 54.9 Å². The molecule has 0 saturated carbocycles. The summed E-state index contributed by atoms with van der Waals surface area (Å²) in [5.41, 5.74) is -0.817. The van der Waals surface area contributed by atoms with Crippen LogP contribution in [0.25, 0.3) is 0 Å². The van der Waals surface area contributed by atoms with Gasteiger partial charge in [-0.05, 0) is 38.8 Å². The minimum absolute atomic E-state index is 0.0335. The predicted octanol–water partition coefficient (Wildman–Crippen LogP) is 2.60. The molecule has 3 heterocycles. The molecule has 160 valence electrons. The summed E-state index contributed by atoms with van der Waals surface area (Å²) in [7, 11) is 1.05. The Hall–Kier alpha value is -2.56. The first kappa shape index (κ1) is 21.2. The zero-order chi connectivity index (χ0) is 21.3. The van der Waals surface area contributed by atoms with Crippen LogP contribution in [0.5, 0.6) is 0 Å². The van der Waals surface area contributed by atoms with Crippen LogP contribution in [-0.4, -0.2) is 44.3 Å². The third-order valence-electron chi connectivity index (χ3n) is 4.79. The first-order valence-corrected chi connectivity index (χ1v) is 9.30. The van der Waals surface area contributed by atoms with Gasteiger partial charge in [0.15, 0.2) is 5.76 Å². The van der Waals surface area contributed by atoms with Crippen LogP contribution in [0, 0.1) is 0 Å². The van der Waals surface area contributed by atoms with Crippen LogP contribution in [0.3, 0.4) is 0 Å². The lowest BCUT2D eigenvalue weighted by Crippen LogP contribution is -2.41. The van der Waals surface area contributed by atoms with Crippen molar-refractivity contribution in [3.63, 3.8) is 0 Å². The number of nitrogens with zero attached hydrogens (tertiary/aromatic N) is 4. The minimum atomic E-state index is -4.70. The molecule has 2 aromatic rings. The SMILES string of the molecule is CC(C)OCc1ccc(C(=O)N2CCC(n3nc(C(F)(F)F)n(C)c3=O)CC2)o1. The molecule has 11 heteroatoms. The lowest BCUT2D eigenvalue weighted by molar-refractivity contribution is -0.147. The number of piperidine rings is 1. The zero-order valence-corrected chi connectivity index (χ0v) is 16.4. The molecule has 1 aliphatic rings. The van der Waals surface area contributed by atoms with Crippen molar-refractivity contribution >= 4 is 5.91 Å². The topological polar surface area (TPSA) is 82.5 Å². The number of furan rings is 1. The van der Waals surface area contributed by atoms with E-state index in [0.29, 0.717) is 23.2 Å². The molecule has 8 nitrogen and oxygen atoms in total. The van der Waals surface area contributed by atoms with E-state index in [1.54, 1.807) is 17.0 Å². The number of aromatic nitrogens is 3. The molecular formula is C18H23F3N4O4. The molecule has 1 aliphatic heterocycles. The van der Waals surface area contributed by atoms with E-state index in [1.165, 1.54) is 0 Å². The van der Waals surface area contributed by atoms with Gasteiger partial charge in [0.2, 0.25) is 5.82 Å². The molecule has 0 unspecified atom stereocenters. The van der Waals surface area contributed by atoms with Crippen molar-refractivity contribution in [3.05, 3.63) is 40.0 Å². The number of carbonyl (C=O) groups is 1. The average molecular weight is 416 g/mol. The summed E-state index contributed by atoms with van der Waals surface area (Å²) in [6.45, 7) is 4.61. The number of rotatable bonds is 5. The maximum absolute atomic E-state index is 13.0. The second-order valence-corrected chi connectivity index (χ2v) is 7.26. The van der Waals surface area contributed by atoms with Gasteiger partial charge in [0.05, 0.1) is 12.1 Å². The number of ether oxygens (including phenoxy) is 1. The summed E-state index contributed by atoms with van der Waals surface area (Å²) >= 11 is 0. The van der Waals surface area contributed by atoms with Gasteiger partial charge in [-0.2, -0.15) is 13.2 Å². The Morgan fingerprint density at radius 1 is 1.31 bits per heavy atom. The summed E-state index contributed by atoms with van der Waals surface area (Å²) in [5.74, 6) is -0.812. The molecule has 0 aromatic carbocycles. The normalized spacial score (nSPS) is 16.0. The fourth-order valence-corrected chi connectivity index (χ4v) is 3.23. The molecule has 0 N–H and O–H groups in total. The average Bonchev–Trinajstić information content (AvgIpc) is 3.25. The largest absolute Gasteiger partial charge is 0.453 e. The van der Waals surface area contributed by atoms with Crippen molar-refractivity contribution in [2.24, 2.45) is 7.05 Å². The molecule has 29 heavy (non-hydrogen) atoms. The Bertz CT molecular complexity index is 920. The van der Waals surface area contributed by atoms with Gasteiger partial charge in [-0.1, -0.05) is 0 Å². The van der Waals surface area contributed by atoms with Crippen LogP contribution in [-0.2, 0) is 24.6 Å².